The molecule has 0 N–H and O–H groups in total. The lowest BCUT2D eigenvalue weighted by Gasteiger charge is -2.29. The molecule has 3 aliphatic rings. The zero-order chi connectivity index (χ0) is 43.9. The predicted molar refractivity (Wildman–Crippen MR) is 276 cm³/mol. The van der Waals surface area contributed by atoms with E-state index in [1.54, 1.807) is 0 Å². The maximum absolute atomic E-state index is 2.49. The molecule has 0 heterocycles. The van der Waals surface area contributed by atoms with Crippen molar-refractivity contribution in [2.75, 3.05) is 4.90 Å². The van der Waals surface area contributed by atoms with Crippen molar-refractivity contribution in [3.8, 4) is 55.6 Å². The maximum atomic E-state index is 2.49. The van der Waals surface area contributed by atoms with E-state index >= 15 is 0 Å². The van der Waals surface area contributed by atoms with Crippen LogP contribution in [0.1, 0.15) is 93.5 Å². The molecule has 0 aromatic heterocycles. The molecule has 0 amide bonds. The van der Waals surface area contributed by atoms with Crippen LogP contribution in [0.25, 0.3) is 66.4 Å². The van der Waals surface area contributed by atoms with E-state index in [2.05, 4.69) is 227 Å². The predicted octanol–water partition coefficient (Wildman–Crippen LogP) is 18.0. The highest BCUT2D eigenvalue weighted by Gasteiger charge is 2.40. The molecule has 0 bridgehead atoms. The fraction of sp³-hybridized carbons (Fsp3) is 0.188. The molecule has 0 aliphatic heterocycles. The van der Waals surface area contributed by atoms with Crippen molar-refractivity contribution in [1.29, 1.82) is 0 Å². The van der Waals surface area contributed by atoms with Crippen molar-refractivity contribution in [1.82, 2.24) is 0 Å². The largest absolute Gasteiger partial charge is 0.310 e. The summed E-state index contributed by atoms with van der Waals surface area (Å²) in [6, 6.07) is 73.4. The maximum Gasteiger partial charge on any atom is 0.0465 e. The molecule has 0 saturated heterocycles. The van der Waals surface area contributed by atoms with E-state index < -0.39 is 0 Å². The second kappa shape index (κ2) is 15.3. The first-order valence-corrected chi connectivity index (χ1v) is 23.9. The summed E-state index contributed by atoms with van der Waals surface area (Å²) in [6.45, 7) is 9.60. The summed E-state index contributed by atoms with van der Waals surface area (Å²) in [5, 5.41) is 2.53. The Balaban J connectivity index is 0.987. The van der Waals surface area contributed by atoms with Gasteiger partial charge in [0.05, 0.1) is 0 Å². The Morgan fingerprint density at radius 2 is 0.908 bits per heavy atom. The lowest BCUT2D eigenvalue weighted by atomic mass is 9.80. The summed E-state index contributed by atoms with van der Waals surface area (Å²) in [6.07, 6.45) is 6.62. The van der Waals surface area contributed by atoms with Gasteiger partial charge in [0.2, 0.25) is 0 Å². The molecule has 1 heteroatoms. The standard InChI is InChI=1S/C64H55N/c1-63(2)56-26-14-13-23-54(56)61-52(24-15-27-57(61)63)53-25-16-28-58-62(53)55-40-38-49(41-59(55)64(58,3)4)65(47-34-29-43(30-35-47)42-17-7-5-8-18-42)48-36-31-45(32-37-48)51-39-33-44-19-11-12-22-50(44)60(51)46-20-9-6-10-21-46/h6,9-16,19-42H,5,7-8,17-18H2,1-4H3. The van der Waals surface area contributed by atoms with Crippen LogP contribution in [-0.4, -0.2) is 0 Å². The number of benzene rings is 9. The third-order valence-electron chi connectivity index (χ3n) is 15.5. The van der Waals surface area contributed by atoms with Gasteiger partial charge in [-0.3, -0.25) is 0 Å². The summed E-state index contributed by atoms with van der Waals surface area (Å²) < 4.78 is 0. The van der Waals surface area contributed by atoms with Crippen LogP contribution in [0.2, 0.25) is 0 Å². The molecule has 1 saturated carbocycles. The van der Waals surface area contributed by atoms with Crippen molar-refractivity contribution in [3.63, 3.8) is 0 Å². The fourth-order valence-electron chi connectivity index (χ4n) is 12.1. The highest BCUT2D eigenvalue weighted by Crippen LogP contribution is 2.57. The van der Waals surface area contributed by atoms with E-state index in [-0.39, 0.29) is 10.8 Å². The Kier molecular flexibility index (Phi) is 9.35. The molecule has 316 valence electrons. The molecule has 0 unspecified atom stereocenters. The van der Waals surface area contributed by atoms with Gasteiger partial charge in [0.15, 0.2) is 0 Å². The highest BCUT2D eigenvalue weighted by atomic mass is 15.1. The van der Waals surface area contributed by atoms with Gasteiger partial charge < -0.3 is 4.90 Å². The quantitative estimate of drug-likeness (QED) is 0.155. The molecule has 9 aromatic carbocycles. The Bertz CT molecular complexity index is 3270. The van der Waals surface area contributed by atoms with Gasteiger partial charge in [-0.15, -0.1) is 0 Å². The van der Waals surface area contributed by atoms with Gasteiger partial charge in [0.25, 0.3) is 0 Å². The first-order valence-electron chi connectivity index (χ1n) is 23.9. The average molecular weight is 838 g/mol. The van der Waals surface area contributed by atoms with Crippen molar-refractivity contribution >= 4 is 27.8 Å². The molecular weight excluding hydrogens is 783 g/mol. The number of rotatable bonds is 7. The van der Waals surface area contributed by atoms with Crippen LogP contribution in [0.15, 0.2) is 194 Å². The topological polar surface area (TPSA) is 3.24 Å². The average Bonchev–Trinajstić information content (AvgIpc) is 3.74. The van der Waals surface area contributed by atoms with Crippen LogP contribution in [0.5, 0.6) is 0 Å². The van der Waals surface area contributed by atoms with Gasteiger partial charge in [-0.05, 0) is 149 Å². The molecule has 0 radical (unpaired) electrons. The molecule has 65 heavy (non-hydrogen) atoms. The highest BCUT2D eigenvalue weighted by molar-refractivity contribution is 6.05. The first kappa shape index (κ1) is 39.6. The van der Waals surface area contributed by atoms with E-state index in [0.29, 0.717) is 5.92 Å². The molecule has 9 aromatic rings. The smallest absolute Gasteiger partial charge is 0.0465 e. The number of hydrogen-bond acceptors (Lipinski definition) is 1. The van der Waals surface area contributed by atoms with Gasteiger partial charge >= 0.3 is 0 Å². The molecule has 1 nitrogen and oxygen atoms in total. The molecule has 0 atom stereocenters. The number of anilines is 3. The van der Waals surface area contributed by atoms with Crippen LogP contribution in [0.4, 0.5) is 17.1 Å². The van der Waals surface area contributed by atoms with Gasteiger partial charge in [0, 0.05) is 27.9 Å². The normalized spacial score (nSPS) is 15.6. The molecule has 12 rings (SSSR count). The van der Waals surface area contributed by atoms with Crippen LogP contribution in [0.3, 0.4) is 0 Å². The summed E-state index contributed by atoms with van der Waals surface area (Å²) >= 11 is 0. The van der Waals surface area contributed by atoms with E-state index in [0.717, 1.165) is 5.69 Å². The molecule has 0 spiro atoms. The van der Waals surface area contributed by atoms with Gasteiger partial charge in [-0.1, -0.05) is 205 Å². The van der Waals surface area contributed by atoms with Gasteiger partial charge in [-0.2, -0.15) is 0 Å². The summed E-state index contributed by atoms with van der Waals surface area (Å²) in [5.74, 6) is 0.658. The lowest BCUT2D eigenvalue weighted by molar-refractivity contribution is 0.443. The van der Waals surface area contributed by atoms with Crippen LogP contribution < -0.4 is 4.90 Å². The summed E-state index contributed by atoms with van der Waals surface area (Å²) in [4.78, 5) is 2.48. The first-order chi connectivity index (χ1) is 31.8. The zero-order valence-electron chi connectivity index (χ0n) is 38.0. The van der Waals surface area contributed by atoms with Crippen molar-refractivity contribution in [2.24, 2.45) is 0 Å². The minimum atomic E-state index is -0.198. The van der Waals surface area contributed by atoms with Crippen LogP contribution in [0, 0.1) is 0 Å². The van der Waals surface area contributed by atoms with Crippen LogP contribution in [-0.2, 0) is 10.8 Å². The minimum absolute atomic E-state index is 0.0537. The zero-order valence-corrected chi connectivity index (χ0v) is 38.0. The third kappa shape index (κ3) is 6.34. The second-order valence-electron chi connectivity index (χ2n) is 19.9. The Labute approximate surface area is 385 Å². The van der Waals surface area contributed by atoms with Crippen molar-refractivity contribution in [2.45, 2.75) is 76.5 Å². The van der Waals surface area contributed by atoms with Crippen molar-refractivity contribution in [3.05, 3.63) is 222 Å². The lowest BCUT2D eigenvalue weighted by Crippen LogP contribution is -2.16. The SMILES string of the molecule is CC1(C)c2ccccc2-c2c(-c3cccc4c3-c3ccc(N(c5ccc(-c6ccc7ccccc7c6-c6ccccc6)cc5)c5ccc(C6CCCCC6)cc5)cc3C4(C)C)cccc21. The Hall–Kier alpha value is -6.96. The Morgan fingerprint density at radius 1 is 0.369 bits per heavy atom. The van der Waals surface area contributed by atoms with E-state index in [9.17, 15) is 0 Å². The fourth-order valence-corrected chi connectivity index (χ4v) is 12.1. The minimum Gasteiger partial charge on any atom is -0.310 e. The number of fused-ring (bicyclic) bond motifs is 7. The van der Waals surface area contributed by atoms with E-state index in [4.69, 9.17) is 0 Å². The number of hydrogen-bond donors (Lipinski definition) is 0. The molecular formula is C64H55N. The van der Waals surface area contributed by atoms with Crippen LogP contribution >= 0.6 is 0 Å². The van der Waals surface area contributed by atoms with Gasteiger partial charge in [-0.25, -0.2) is 0 Å². The third-order valence-corrected chi connectivity index (χ3v) is 15.5. The monoisotopic (exact) mass is 837 g/mol. The summed E-state index contributed by atoms with van der Waals surface area (Å²) in [5.41, 5.74) is 23.4. The Morgan fingerprint density at radius 3 is 1.62 bits per heavy atom. The van der Waals surface area contributed by atoms with Gasteiger partial charge in [0.1, 0.15) is 0 Å². The van der Waals surface area contributed by atoms with Crippen molar-refractivity contribution < 1.29 is 0 Å². The number of nitrogens with zero attached hydrogens (tertiary/aromatic N) is 1. The summed E-state index contributed by atoms with van der Waals surface area (Å²) in [7, 11) is 0. The van der Waals surface area contributed by atoms with E-state index in [1.165, 1.54) is 138 Å². The van der Waals surface area contributed by atoms with E-state index in [1.807, 2.05) is 0 Å². The molecule has 3 aliphatic carbocycles. The molecule has 1 fully saturated rings. The second-order valence-corrected chi connectivity index (χ2v) is 19.9.